The van der Waals surface area contributed by atoms with Crippen LogP contribution in [0.4, 0.5) is 0 Å². The van der Waals surface area contributed by atoms with Gasteiger partial charge in [0.1, 0.15) is 0 Å². The molecule has 0 aliphatic carbocycles. The Labute approximate surface area is 121 Å². The van der Waals surface area contributed by atoms with Gasteiger partial charge < -0.3 is 4.74 Å². The molecule has 0 saturated heterocycles. The van der Waals surface area contributed by atoms with Crippen LogP contribution in [0.5, 0.6) is 0 Å². The molecule has 0 bridgehead atoms. The van der Waals surface area contributed by atoms with Crippen LogP contribution in [-0.4, -0.2) is 6.10 Å². The van der Waals surface area contributed by atoms with E-state index in [9.17, 15) is 0 Å². The van der Waals surface area contributed by atoms with Crippen molar-refractivity contribution in [3.05, 3.63) is 83.9 Å². The maximum atomic E-state index is 6.00. The van der Waals surface area contributed by atoms with Gasteiger partial charge in [0.25, 0.3) is 0 Å². The Bertz CT molecular complexity index is 458. The Hall–Kier alpha value is -1.86. The van der Waals surface area contributed by atoms with Crippen LogP contribution in [0, 0.1) is 0 Å². The molecule has 20 heavy (non-hydrogen) atoms. The summed E-state index contributed by atoms with van der Waals surface area (Å²) in [5.41, 5.74) is 2.59. The topological polar surface area (TPSA) is 9.23 Å². The Morgan fingerprint density at radius 2 is 1.50 bits per heavy atom. The molecule has 0 fully saturated rings. The van der Waals surface area contributed by atoms with Gasteiger partial charge in [-0.3, -0.25) is 0 Å². The summed E-state index contributed by atoms with van der Waals surface area (Å²) >= 11 is 0. The predicted octanol–water partition coefficient (Wildman–Crippen LogP) is 4.78. The van der Waals surface area contributed by atoms with Crippen LogP contribution < -0.4 is 0 Å². The SMILES string of the molecule is C/C=C\C(CCc1ccccc1)OCc1ccccc1. The van der Waals surface area contributed by atoms with E-state index < -0.39 is 0 Å². The first-order chi connectivity index (χ1) is 9.88. The summed E-state index contributed by atoms with van der Waals surface area (Å²) in [4.78, 5) is 0. The third-order valence-corrected chi connectivity index (χ3v) is 3.27. The van der Waals surface area contributed by atoms with E-state index in [4.69, 9.17) is 4.74 Å². The molecule has 0 aliphatic heterocycles. The zero-order valence-electron chi connectivity index (χ0n) is 12.0. The molecule has 0 aliphatic rings. The van der Waals surface area contributed by atoms with E-state index in [1.165, 1.54) is 11.1 Å². The fourth-order valence-corrected chi connectivity index (χ4v) is 2.18. The third-order valence-electron chi connectivity index (χ3n) is 3.27. The lowest BCUT2D eigenvalue weighted by Gasteiger charge is -2.14. The van der Waals surface area contributed by atoms with Crippen molar-refractivity contribution in [3.8, 4) is 0 Å². The molecule has 2 aromatic carbocycles. The lowest BCUT2D eigenvalue weighted by molar-refractivity contribution is 0.0666. The summed E-state index contributed by atoms with van der Waals surface area (Å²) in [6.07, 6.45) is 6.46. The van der Waals surface area contributed by atoms with Crippen LogP contribution in [0.15, 0.2) is 72.8 Å². The molecule has 1 unspecified atom stereocenters. The second-order valence-corrected chi connectivity index (χ2v) is 4.89. The van der Waals surface area contributed by atoms with Crippen molar-refractivity contribution in [2.75, 3.05) is 0 Å². The highest BCUT2D eigenvalue weighted by Gasteiger charge is 2.05. The summed E-state index contributed by atoms with van der Waals surface area (Å²) in [6.45, 7) is 2.71. The molecule has 0 amide bonds. The molecular formula is C19H22O. The number of ether oxygens (including phenoxy) is 1. The lowest BCUT2D eigenvalue weighted by Crippen LogP contribution is -2.11. The van der Waals surface area contributed by atoms with Crippen molar-refractivity contribution in [3.63, 3.8) is 0 Å². The van der Waals surface area contributed by atoms with E-state index in [-0.39, 0.29) is 6.10 Å². The van der Waals surface area contributed by atoms with Gasteiger partial charge in [-0.1, -0.05) is 72.8 Å². The van der Waals surface area contributed by atoms with E-state index in [0.29, 0.717) is 6.61 Å². The lowest BCUT2D eigenvalue weighted by atomic mass is 10.1. The second kappa shape index (κ2) is 8.34. The Kier molecular flexibility index (Phi) is 6.07. The standard InChI is InChI=1S/C19H22O/c1-2-9-19(15-14-17-10-5-3-6-11-17)20-16-18-12-7-4-8-13-18/h2-13,19H,14-16H2,1H3/b9-2-. The molecule has 0 heterocycles. The van der Waals surface area contributed by atoms with E-state index in [0.717, 1.165) is 12.8 Å². The number of hydrogen-bond donors (Lipinski definition) is 0. The largest absolute Gasteiger partial charge is 0.369 e. The number of rotatable bonds is 7. The smallest absolute Gasteiger partial charge is 0.0763 e. The van der Waals surface area contributed by atoms with Gasteiger partial charge in [-0.15, -0.1) is 0 Å². The van der Waals surface area contributed by atoms with Gasteiger partial charge in [0.05, 0.1) is 12.7 Å². The summed E-state index contributed by atoms with van der Waals surface area (Å²) in [6, 6.07) is 20.9. The molecule has 2 rings (SSSR count). The first kappa shape index (κ1) is 14.5. The van der Waals surface area contributed by atoms with Crippen LogP contribution >= 0.6 is 0 Å². The molecule has 2 aromatic rings. The molecule has 0 saturated carbocycles. The van der Waals surface area contributed by atoms with Crippen molar-refractivity contribution >= 4 is 0 Å². The summed E-state index contributed by atoms with van der Waals surface area (Å²) in [5.74, 6) is 0. The van der Waals surface area contributed by atoms with Crippen LogP contribution in [0.3, 0.4) is 0 Å². The Morgan fingerprint density at radius 3 is 2.10 bits per heavy atom. The highest BCUT2D eigenvalue weighted by atomic mass is 16.5. The van der Waals surface area contributed by atoms with Gasteiger partial charge in [-0.25, -0.2) is 0 Å². The van der Waals surface area contributed by atoms with Crippen LogP contribution in [0.1, 0.15) is 24.5 Å². The van der Waals surface area contributed by atoms with Gasteiger partial charge in [0.2, 0.25) is 0 Å². The van der Waals surface area contributed by atoms with Gasteiger partial charge in [-0.05, 0) is 30.9 Å². The minimum absolute atomic E-state index is 0.181. The fourth-order valence-electron chi connectivity index (χ4n) is 2.18. The van der Waals surface area contributed by atoms with Gasteiger partial charge in [0, 0.05) is 0 Å². The van der Waals surface area contributed by atoms with Crippen molar-refractivity contribution in [2.45, 2.75) is 32.5 Å². The average molecular weight is 266 g/mol. The van der Waals surface area contributed by atoms with E-state index in [2.05, 4.69) is 54.6 Å². The zero-order valence-corrected chi connectivity index (χ0v) is 12.0. The Balaban J connectivity index is 1.84. The highest BCUT2D eigenvalue weighted by molar-refractivity contribution is 5.15. The minimum atomic E-state index is 0.181. The van der Waals surface area contributed by atoms with E-state index in [1.54, 1.807) is 0 Å². The predicted molar refractivity (Wildman–Crippen MR) is 84.6 cm³/mol. The third kappa shape index (κ3) is 5.02. The quantitative estimate of drug-likeness (QED) is 0.655. The van der Waals surface area contributed by atoms with E-state index >= 15 is 0 Å². The number of allylic oxidation sites excluding steroid dienone is 1. The van der Waals surface area contributed by atoms with Crippen molar-refractivity contribution in [1.82, 2.24) is 0 Å². The first-order valence-electron chi connectivity index (χ1n) is 7.21. The summed E-state index contributed by atoms with van der Waals surface area (Å²) in [5, 5.41) is 0. The molecule has 104 valence electrons. The number of hydrogen-bond acceptors (Lipinski definition) is 1. The fraction of sp³-hybridized carbons (Fsp3) is 0.263. The molecular weight excluding hydrogens is 244 g/mol. The van der Waals surface area contributed by atoms with Gasteiger partial charge in [-0.2, -0.15) is 0 Å². The number of aryl methyl sites for hydroxylation is 1. The normalized spacial score (nSPS) is 12.7. The van der Waals surface area contributed by atoms with Crippen molar-refractivity contribution in [2.24, 2.45) is 0 Å². The van der Waals surface area contributed by atoms with Gasteiger partial charge >= 0.3 is 0 Å². The molecule has 1 atom stereocenters. The van der Waals surface area contributed by atoms with E-state index in [1.807, 2.05) is 25.1 Å². The molecule has 0 spiro atoms. The van der Waals surface area contributed by atoms with Crippen molar-refractivity contribution < 1.29 is 4.74 Å². The minimum Gasteiger partial charge on any atom is -0.369 e. The molecule has 0 aromatic heterocycles. The maximum Gasteiger partial charge on any atom is 0.0763 e. The highest BCUT2D eigenvalue weighted by Crippen LogP contribution is 2.11. The molecule has 1 heteroatoms. The molecule has 0 N–H and O–H groups in total. The maximum absolute atomic E-state index is 6.00. The van der Waals surface area contributed by atoms with Crippen molar-refractivity contribution in [1.29, 1.82) is 0 Å². The molecule has 0 radical (unpaired) electrons. The van der Waals surface area contributed by atoms with Gasteiger partial charge in [0.15, 0.2) is 0 Å². The zero-order chi connectivity index (χ0) is 14.0. The second-order valence-electron chi connectivity index (χ2n) is 4.89. The summed E-state index contributed by atoms with van der Waals surface area (Å²) < 4.78 is 6.00. The monoisotopic (exact) mass is 266 g/mol. The van der Waals surface area contributed by atoms with Crippen LogP contribution in [0.25, 0.3) is 0 Å². The van der Waals surface area contributed by atoms with Crippen LogP contribution in [-0.2, 0) is 17.8 Å². The first-order valence-corrected chi connectivity index (χ1v) is 7.21. The average Bonchev–Trinajstić information content (AvgIpc) is 2.52. The summed E-state index contributed by atoms with van der Waals surface area (Å²) in [7, 11) is 0. The number of benzene rings is 2. The molecule has 1 nitrogen and oxygen atoms in total. The Morgan fingerprint density at radius 1 is 0.900 bits per heavy atom. The van der Waals surface area contributed by atoms with Crippen LogP contribution in [0.2, 0.25) is 0 Å².